The number of carbonyl (C=O) groups is 1. The van der Waals surface area contributed by atoms with Crippen molar-refractivity contribution in [3.8, 4) is 17.1 Å². The summed E-state index contributed by atoms with van der Waals surface area (Å²) in [6, 6.07) is 13.0. The molecule has 1 heterocycles. The minimum atomic E-state index is -4.91. The normalized spacial score (nSPS) is 11.3. The number of hydrazone groups is 1. The lowest BCUT2D eigenvalue weighted by Gasteiger charge is -2.13. The summed E-state index contributed by atoms with van der Waals surface area (Å²) < 4.78 is 46.6. The molecule has 0 atom stereocenters. The highest BCUT2D eigenvalue weighted by Crippen LogP contribution is 2.29. The number of furan rings is 1. The monoisotopic (exact) mass is 434 g/mol. The number of nitrogens with one attached hydrogen (secondary N) is 2. The molecule has 1 aromatic heterocycles. The fraction of sp³-hybridized carbons (Fsp3) is 0.0526. The highest BCUT2D eigenvalue weighted by atomic mass is 19.4. The number of urea groups is 1. The number of para-hydroxylation sites is 2. The molecular formula is C19H13F3N4O5. The van der Waals surface area contributed by atoms with Crippen LogP contribution in [0.5, 0.6) is 5.75 Å². The zero-order chi connectivity index (χ0) is 22.4. The third kappa shape index (κ3) is 6.06. The molecule has 0 fully saturated rings. The Morgan fingerprint density at radius 1 is 1.10 bits per heavy atom. The maximum atomic E-state index is 12.4. The van der Waals surface area contributed by atoms with Crippen molar-refractivity contribution in [1.29, 1.82) is 0 Å². The first-order valence-electron chi connectivity index (χ1n) is 8.51. The van der Waals surface area contributed by atoms with E-state index < -0.39 is 23.1 Å². The quantitative estimate of drug-likeness (QED) is 0.325. The van der Waals surface area contributed by atoms with Crippen molar-refractivity contribution < 1.29 is 32.0 Å². The zero-order valence-electron chi connectivity index (χ0n) is 15.4. The molecule has 2 aromatic carbocycles. The molecule has 0 spiro atoms. The van der Waals surface area contributed by atoms with Gasteiger partial charge in [0.15, 0.2) is 5.75 Å². The molecule has 2 N–H and O–H groups in total. The molecule has 0 aliphatic rings. The van der Waals surface area contributed by atoms with E-state index in [2.05, 4.69) is 20.6 Å². The fourth-order valence-corrected chi connectivity index (χ4v) is 2.41. The van der Waals surface area contributed by atoms with Crippen molar-refractivity contribution in [2.45, 2.75) is 6.36 Å². The Morgan fingerprint density at radius 3 is 2.48 bits per heavy atom. The molecule has 12 heteroatoms. The molecule has 0 aliphatic heterocycles. The molecule has 0 bridgehead atoms. The van der Waals surface area contributed by atoms with Gasteiger partial charge in [0.1, 0.15) is 11.5 Å². The fourth-order valence-electron chi connectivity index (χ4n) is 2.41. The third-order valence-electron chi connectivity index (χ3n) is 3.71. The van der Waals surface area contributed by atoms with Gasteiger partial charge in [0.25, 0.3) is 5.69 Å². The highest BCUT2D eigenvalue weighted by Gasteiger charge is 2.32. The van der Waals surface area contributed by atoms with E-state index in [0.29, 0.717) is 11.3 Å². The molecule has 0 aliphatic carbocycles. The molecule has 3 aromatic rings. The number of amides is 2. The maximum Gasteiger partial charge on any atom is 0.573 e. The van der Waals surface area contributed by atoms with E-state index in [1.165, 1.54) is 48.7 Å². The Bertz CT molecular complexity index is 1110. The lowest BCUT2D eigenvalue weighted by Crippen LogP contribution is -2.25. The summed E-state index contributed by atoms with van der Waals surface area (Å²) in [6.45, 7) is 0. The van der Waals surface area contributed by atoms with Gasteiger partial charge in [-0.1, -0.05) is 12.1 Å². The summed E-state index contributed by atoms with van der Waals surface area (Å²) in [6.07, 6.45) is -3.74. The number of carbonyl (C=O) groups excluding carboxylic acids is 1. The van der Waals surface area contributed by atoms with Crippen molar-refractivity contribution in [2.75, 3.05) is 5.32 Å². The van der Waals surface area contributed by atoms with E-state index in [0.717, 1.165) is 6.07 Å². The Kier molecular flexibility index (Phi) is 6.19. The predicted octanol–water partition coefficient (Wildman–Crippen LogP) is 4.91. The number of nitro groups is 1. The van der Waals surface area contributed by atoms with Crippen LogP contribution in [0.15, 0.2) is 70.2 Å². The van der Waals surface area contributed by atoms with Crippen LogP contribution in [0.3, 0.4) is 0 Å². The van der Waals surface area contributed by atoms with Gasteiger partial charge in [-0.15, -0.1) is 13.2 Å². The molecule has 3 rings (SSSR count). The average Bonchev–Trinajstić information content (AvgIpc) is 3.17. The van der Waals surface area contributed by atoms with Gasteiger partial charge >= 0.3 is 12.4 Å². The Labute approximate surface area is 172 Å². The van der Waals surface area contributed by atoms with Gasteiger partial charge in [-0.2, -0.15) is 5.10 Å². The molecule has 0 saturated heterocycles. The van der Waals surface area contributed by atoms with Crippen molar-refractivity contribution in [3.05, 3.63) is 76.5 Å². The number of anilines is 1. The lowest BCUT2D eigenvalue weighted by atomic mass is 10.1. The van der Waals surface area contributed by atoms with E-state index in [1.54, 1.807) is 12.1 Å². The second-order valence-electron chi connectivity index (χ2n) is 5.87. The smallest absolute Gasteiger partial charge is 0.455 e. The van der Waals surface area contributed by atoms with Gasteiger partial charge in [0.2, 0.25) is 0 Å². The molecule has 0 saturated carbocycles. The number of hydrogen-bond donors (Lipinski definition) is 2. The van der Waals surface area contributed by atoms with Gasteiger partial charge in [-0.3, -0.25) is 10.1 Å². The lowest BCUT2D eigenvalue weighted by molar-refractivity contribution is -0.384. The third-order valence-corrected chi connectivity index (χ3v) is 3.71. The van der Waals surface area contributed by atoms with Gasteiger partial charge in [-0.05, 0) is 36.4 Å². The van der Waals surface area contributed by atoms with Crippen molar-refractivity contribution in [2.24, 2.45) is 5.10 Å². The number of nitrogens with zero attached hydrogens (tertiary/aromatic N) is 2. The number of alkyl halides is 3. The van der Waals surface area contributed by atoms with E-state index in [9.17, 15) is 28.1 Å². The molecule has 0 radical (unpaired) electrons. The van der Waals surface area contributed by atoms with Gasteiger partial charge in [0.05, 0.1) is 16.8 Å². The largest absolute Gasteiger partial charge is 0.573 e. The van der Waals surface area contributed by atoms with Crippen LogP contribution in [-0.4, -0.2) is 23.5 Å². The maximum absolute atomic E-state index is 12.4. The topological polar surface area (TPSA) is 119 Å². The summed E-state index contributed by atoms with van der Waals surface area (Å²) in [5, 5.41) is 16.5. The molecular weight excluding hydrogens is 421 g/mol. The minimum Gasteiger partial charge on any atom is -0.455 e. The number of halogens is 3. The Hall–Kier alpha value is -4.35. The van der Waals surface area contributed by atoms with Crippen LogP contribution in [0.2, 0.25) is 0 Å². The van der Waals surface area contributed by atoms with Crippen molar-refractivity contribution in [3.63, 3.8) is 0 Å². The van der Waals surface area contributed by atoms with Crippen LogP contribution in [0.25, 0.3) is 11.3 Å². The first-order chi connectivity index (χ1) is 14.7. The number of rotatable bonds is 6. The summed E-state index contributed by atoms with van der Waals surface area (Å²) >= 11 is 0. The van der Waals surface area contributed by atoms with Crippen molar-refractivity contribution >= 4 is 23.6 Å². The van der Waals surface area contributed by atoms with E-state index >= 15 is 0 Å². The van der Waals surface area contributed by atoms with Gasteiger partial charge in [0, 0.05) is 17.7 Å². The Morgan fingerprint density at radius 2 is 1.81 bits per heavy atom. The summed E-state index contributed by atoms with van der Waals surface area (Å²) in [7, 11) is 0. The molecule has 0 unspecified atom stereocenters. The summed E-state index contributed by atoms with van der Waals surface area (Å²) in [5.41, 5.74) is 2.42. The number of hydrogen-bond acceptors (Lipinski definition) is 6. The number of benzene rings is 2. The average molecular weight is 434 g/mol. The van der Waals surface area contributed by atoms with Crippen LogP contribution < -0.4 is 15.5 Å². The number of nitro benzene ring substituents is 1. The van der Waals surface area contributed by atoms with Crippen LogP contribution in [0, 0.1) is 10.1 Å². The highest BCUT2D eigenvalue weighted by molar-refractivity contribution is 5.91. The number of non-ortho nitro benzene ring substituents is 1. The molecule has 2 amide bonds. The second kappa shape index (κ2) is 8.98. The molecule has 31 heavy (non-hydrogen) atoms. The van der Waals surface area contributed by atoms with Crippen molar-refractivity contribution in [1.82, 2.24) is 5.43 Å². The van der Waals surface area contributed by atoms with E-state index in [1.807, 2.05) is 0 Å². The van der Waals surface area contributed by atoms with E-state index in [4.69, 9.17) is 4.42 Å². The van der Waals surface area contributed by atoms with Crippen LogP contribution in [-0.2, 0) is 0 Å². The number of ether oxygens (including phenoxy) is 1. The standard InChI is InChI=1S/C19H13F3N4O5/c20-19(21,22)31-17-4-2-1-3-15(17)24-18(27)25-23-11-14-9-10-16(30-14)12-5-7-13(8-6-12)26(28)29/h1-11H,(H2,24,25,27)/b23-11+. The summed E-state index contributed by atoms with van der Waals surface area (Å²) in [5.74, 6) is 0.0985. The van der Waals surface area contributed by atoms with Gasteiger partial charge in [-0.25, -0.2) is 10.2 Å². The predicted molar refractivity (Wildman–Crippen MR) is 104 cm³/mol. The minimum absolute atomic E-state index is 0.0606. The first kappa shape index (κ1) is 21.4. The SMILES string of the molecule is O=C(N/N=C/c1ccc(-c2ccc([N+](=O)[O-])cc2)o1)Nc1ccccc1OC(F)(F)F. The zero-order valence-corrected chi connectivity index (χ0v) is 15.4. The van der Waals surface area contributed by atoms with Crippen LogP contribution in [0.1, 0.15) is 5.76 Å². The first-order valence-corrected chi connectivity index (χ1v) is 8.51. The summed E-state index contributed by atoms with van der Waals surface area (Å²) in [4.78, 5) is 22.0. The van der Waals surface area contributed by atoms with Crippen LogP contribution in [0.4, 0.5) is 29.3 Å². The van der Waals surface area contributed by atoms with E-state index in [-0.39, 0.29) is 17.1 Å². The second-order valence-corrected chi connectivity index (χ2v) is 5.87. The molecule has 9 nitrogen and oxygen atoms in total. The van der Waals surface area contributed by atoms with Crippen LogP contribution >= 0.6 is 0 Å². The van der Waals surface area contributed by atoms with Gasteiger partial charge < -0.3 is 14.5 Å². The molecule has 160 valence electrons. The Balaban J connectivity index is 1.59.